The van der Waals surface area contributed by atoms with Gasteiger partial charge < -0.3 is 15.7 Å². The van der Waals surface area contributed by atoms with Gasteiger partial charge in [-0.05, 0) is 24.9 Å². The molecule has 0 radical (unpaired) electrons. The Morgan fingerprint density at radius 1 is 1.35 bits per heavy atom. The lowest BCUT2D eigenvalue weighted by Gasteiger charge is -2.14. The van der Waals surface area contributed by atoms with Crippen molar-refractivity contribution in [3.8, 4) is 0 Å². The Kier molecular flexibility index (Phi) is 9.71. The van der Waals surface area contributed by atoms with Crippen LogP contribution in [0.4, 0.5) is 4.79 Å². The normalized spacial score (nSPS) is 11.9. The summed E-state index contributed by atoms with van der Waals surface area (Å²) in [5.74, 6) is -0.268. The van der Waals surface area contributed by atoms with E-state index >= 15 is 0 Å². The fourth-order valence-corrected chi connectivity index (χ4v) is 1.75. The third-order valence-electron chi connectivity index (χ3n) is 2.28. The Morgan fingerprint density at radius 3 is 2.59 bits per heavy atom. The summed E-state index contributed by atoms with van der Waals surface area (Å²) in [6.07, 6.45) is 5.43. The zero-order valence-corrected chi connectivity index (χ0v) is 11.3. The topological polar surface area (TPSA) is 78.4 Å². The molecule has 0 heterocycles. The predicted molar refractivity (Wildman–Crippen MR) is 70.5 cm³/mol. The largest absolute Gasteiger partial charge is 0.480 e. The van der Waals surface area contributed by atoms with Crippen LogP contribution in [0.25, 0.3) is 0 Å². The SMILES string of the molecule is CCCCCNC(=O)NC(CCSC)C(=O)O. The van der Waals surface area contributed by atoms with Crippen molar-refractivity contribution in [2.45, 2.75) is 38.6 Å². The number of urea groups is 1. The summed E-state index contributed by atoms with van der Waals surface area (Å²) in [4.78, 5) is 22.3. The van der Waals surface area contributed by atoms with E-state index in [-0.39, 0.29) is 0 Å². The number of rotatable bonds is 9. The fourth-order valence-electron chi connectivity index (χ4n) is 1.28. The molecule has 2 amide bonds. The van der Waals surface area contributed by atoms with E-state index in [4.69, 9.17) is 5.11 Å². The third-order valence-corrected chi connectivity index (χ3v) is 2.92. The molecule has 17 heavy (non-hydrogen) atoms. The van der Waals surface area contributed by atoms with Crippen LogP contribution in [0.3, 0.4) is 0 Å². The molecule has 0 aromatic carbocycles. The number of hydrogen-bond donors (Lipinski definition) is 3. The number of nitrogens with one attached hydrogen (secondary N) is 2. The summed E-state index contributed by atoms with van der Waals surface area (Å²) in [5, 5.41) is 14.0. The van der Waals surface area contributed by atoms with E-state index in [1.165, 1.54) is 0 Å². The van der Waals surface area contributed by atoms with Gasteiger partial charge in [-0.15, -0.1) is 0 Å². The molecule has 1 unspecified atom stereocenters. The number of carbonyl (C=O) groups excluding carboxylic acids is 1. The molecule has 0 spiro atoms. The van der Waals surface area contributed by atoms with Crippen molar-refractivity contribution in [1.29, 1.82) is 0 Å². The van der Waals surface area contributed by atoms with Gasteiger partial charge in [-0.25, -0.2) is 9.59 Å². The number of hydrogen-bond acceptors (Lipinski definition) is 3. The Balaban J connectivity index is 3.83. The first-order valence-electron chi connectivity index (χ1n) is 5.88. The molecule has 100 valence electrons. The minimum atomic E-state index is -0.984. The highest BCUT2D eigenvalue weighted by molar-refractivity contribution is 7.98. The molecule has 6 heteroatoms. The fraction of sp³-hybridized carbons (Fsp3) is 0.818. The van der Waals surface area contributed by atoms with Crippen LogP contribution in [0.5, 0.6) is 0 Å². The van der Waals surface area contributed by atoms with Crippen LogP contribution in [0, 0.1) is 0 Å². The summed E-state index contributed by atoms with van der Waals surface area (Å²) in [6.45, 7) is 2.68. The van der Waals surface area contributed by atoms with Gasteiger partial charge >= 0.3 is 12.0 Å². The van der Waals surface area contributed by atoms with Crippen molar-refractivity contribution in [2.24, 2.45) is 0 Å². The zero-order valence-electron chi connectivity index (χ0n) is 10.5. The molecule has 1 atom stereocenters. The standard InChI is InChI=1S/C11H22N2O3S/c1-3-4-5-7-12-11(16)13-9(10(14)15)6-8-17-2/h9H,3-8H2,1-2H3,(H,14,15)(H2,12,13,16). The van der Waals surface area contributed by atoms with Crippen LogP contribution in [-0.4, -0.2) is 41.7 Å². The van der Waals surface area contributed by atoms with Gasteiger partial charge in [0.25, 0.3) is 0 Å². The highest BCUT2D eigenvalue weighted by Crippen LogP contribution is 2.00. The quantitative estimate of drug-likeness (QED) is 0.552. The van der Waals surface area contributed by atoms with Gasteiger partial charge in [-0.1, -0.05) is 19.8 Å². The highest BCUT2D eigenvalue weighted by atomic mass is 32.2. The number of carboxylic acids is 1. The van der Waals surface area contributed by atoms with Crippen LogP contribution < -0.4 is 10.6 Å². The van der Waals surface area contributed by atoms with Crippen LogP contribution in [0.15, 0.2) is 0 Å². The smallest absolute Gasteiger partial charge is 0.326 e. The first-order valence-corrected chi connectivity index (χ1v) is 7.27. The number of carbonyl (C=O) groups is 2. The second-order valence-corrected chi connectivity index (χ2v) is 4.77. The van der Waals surface area contributed by atoms with Gasteiger partial charge in [0.15, 0.2) is 0 Å². The molecule has 0 aliphatic heterocycles. The van der Waals surface area contributed by atoms with Gasteiger partial charge in [0.05, 0.1) is 0 Å². The van der Waals surface area contributed by atoms with Crippen molar-refractivity contribution < 1.29 is 14.7 Å². The highest BCUT2D eigenvalue weighted by Gasteiger charge is 2.18. The molecule has 3 N–H and O–H groups in total. The van der Waals surface area contributed by atoms with Gasteiger partial charge in [0, 0.05) is 6.54 Å². The first kappa shape index (κ1) is 16.1. The van der Waals surface area contributed by atoms with Crippen molar-refractivity contribution in [3.05, 3.63) is 0 Å². The molecule has 0 saturated carbocycles. The molecule has 0 aromatic heterocycles. The number of amides is 2. The van der Waals surface area contributed by atoms with Gasteiger partial charge in [0.1, 0.15) is 6.04 Å². The molecular weight excluding hydrogens is 240 g/mol. The minimum Gasteiger partial charge on any atom is -0.480 e. The molecule has 0 aromatic rings. The van der Waals surface area contributed by atoms with Gasteiger partial charge in [-0.2, -0.15) is 11.8 Å². The average molecular weight is 262 g/mol. The Bertz CT molecular complexity index is 237. The van der Waals surface area contributed by atoms with E-state index in [2.05, 4.69) is 17.6 Å². The monoisotopic (exact) mass is 262 g/mol. The lowest BCUT2D eigenvalue weighted by atomic mass is 10.2. The Labute approximate surface area is 107 Å². The van der Waals surface area contributed by atoms with Crippen LogP contribution in [0.2, 0.25) is 0 Å². The van der Waals surface area contributed by atoms with E-state index in [9.17, 15) is 9.59 Å². The zero-order chi connectivity index (χ0) is 13.1. The van der Waals surface area contributed by atoms with E-state index in [0.29, 0.717) is 18.7 Å². The van der Waals surface area contributed by atoms with Crippen molar-refractivity contribution in [3.63, 3.8) is 0 Å². The van der Waals surface area contributed by atoms with E-state index < -0.39 is 18.0 Å². The molecule has 0 saturated heterocycles. The van der Waals surface area contributed by atoms with Gasteiger partial charge in [-0.3, -0.25) is 0 Å². The number of aliphatic carboxylic acids is 1. The maximum atomic E-state index is 11.4. The summed E-state index contributed by atoms with van der Waals surface area (Å²) in [6, 6.07) is -1.19. The van der Waals surface area contributed by atoms with E-state index in [0.717, 1.165) is 19.3 Å². The Morgan fingerprint density at radius 2 is 2.06 bits per heavy atom. The van der Waals surface area contributed by atoms with E-state index in [1.807, 2.05) is 6.26 Å². The van der Waals surface area contributed by atoms with Crippen molar-refractivity contribution >= 4 is 23.8 Å². The van der Waals surface area contributed by atoms with Crippen LogP contribution in [0.1, 0.15) is 32.6 Å². The summed E-state index contributed by atoms with van der Waals surface area (Å²) in [7, 11) is 0. The summed E-state index contributed by atoms with van der Waals surface area (Å²) in [5.41, 5.74) is 0. The minimum absolute atomic E-state index is 0.394. The predicted octanol–water partition coefficient (Wildman–Crippen LogP) is 1.68. The van der Waals surface area contributed by atoms with Crippen LogP contribution >= 0.6 is 11.8 Å². The molecule has 0 rings (SSSR count). The molecule has 5 nitrogen and oxygen atoms in total. The lowest BCUT2D eigenvalue weighted by molar-refractivity contribution is -0.139. The average Bonchev–Trinajstić information content (AvgIpc) is 2.29. The molecular formula is C11H22N2O3S. The van der Waals surface area contributed by atoms with Gasteiger partial charge in [0.2, 0.25) is 0 Å². The van der Waals surface area contributed by atoms with Crippen molar-refractivity contribution in [2.75, 3.05) is 18.6 Å². The molecule has 0 fully saturated rings. The lowest BCUT2D eigenvalue weighted by Crippen LogP contribution is -2.46. The third kappa shape index (κ3) is 8.85. The molecule has 0 aliphatic carbocycles. The second-order valence-electron chi connectivity index (χ2n) is 3.78. The number of thioether (sulfide) groups is 1. The first-order chi connectivity index (χ1) is 8.11. The van der Waals surface area contributed by atoms with Crippen molar-refractivity contribution in [1.82, 2.24) is 10.6 Å². The number of carboxylic acid groups (broad SMARTS) is 1. The summed E-state index contributed by atoms with van der Waals surface area (Å²) >= 11 is 1.56. The molecule has 0 aliphatic rings. The van der Waals surface area contributed by atoms with E-state index in [1.54, 1.807) is 11.8 Å². The number of unbranched alkanes of at least 4 members (excludes halogenated alkanes) is 2. The second kappa shape index (κ2) is 10.3. The maximum absolute atomic E-state index is 11.4. The maximum Gasteiger partial charge on any atom is 0.326 e. The molecule has 0 bridgehead atoms. The van der Waals surface area contributed by atoms with Crippen LogP contribution in [-0.2, 0) is 4.79 Å². The Hall–Kier alpha value is -0.910. The summed E-state index contributed by atoms with van der Waals surface area (Å²) < 4.78 is 0.